The first kappa shape index (κ1) is 10.2. The maximum absolute atomic E-state index is 11.5. The molecule has 15 heavy (non-hydrogen) atoms. The van der Waals surface area contributed by atoms with Crippen molar-refractivity contribution in [2.24, 2.45) is 11.3 Å². The summed E-state index contributed by atoms with van der Waals surface area (Å²) in [4.78, 5) is 11.5. The normalized spacial score (nSPS) is 37.6. The van der Waals surface area contributed by atoms with Crippen molar-refractivity contribution in [2.45, 2.75) is 32.4 Å². The van der Waals surface area contributed by atoms with Gasteiger partial charge in [-0.15, -0.1) is 0 Å². The monoisotopic (exact) mass is 206 g/mol. The predicted octanol–water partition coefficient (Wildman–Crippen LogP) is 0.691. The first-order valence-electron chi connectivity index (χ1n) is 5.06. The van der Waals surface area contributed by atoms with E-state index < -0.39 is 17.6 Å². The molecule has 1 amide bonds. The van der Waals surface area contributed by atoms with Gasteiger partial charge in [0.15, 0.2) is 5.72 Å². The molecule has 1 heterocycles. The van der Waals surface area contributed by atoms with Crippen molar-refractivity contribution >= 4 is 5.91 Å². The molecule has 2 N–H and O–H groups in total. The summed E-state index contributed by atoms with van der Waals surface area (Å²) >= 11 is 0. The minimum Gasteiger partial charge on any atom is -0.367 e. The molecule has 0 spiro atoms. The lowest BCUT2D eigenvalue weighted by atomic mass is 9.80. The zero-order chi connectivity index (χ0) is 11.3. The van der Waals surface area contributed by atoms with Gasteiger partial charge in [0.05, 0.1) is 6.07 Å². The van der Waals surface area contributed by atoms with Crippen LogP contribution in [0.4, 0.5) is 0 Å². The Kier molecular flexibility index (Phi) is 1.92. The molecule has 2 aliphatic rings. The quantitative estimate of drug-likeness (QED) is 0.573. The molecule has 0 aromatic carbocycles. The van der Waals surface area contributed by atoms with Gasteiger partial charge in [-0.25, -0.2) is 0 Å². The fraction of sp³-hybridized carbons (Fsp3) is 0.636. The standard InChI is InChI=1S/C11H14N2O2/c1-10(2)4-3-8-5-7(6-12)9(14)13-11(8,10)15/h5,7,15H,3-4H2,1-2H3,(H,13,14). The summed E-state index contributed by atoms with van der Waals surface area (Å²) in [6, 6.07) is 1.91. The first-order valence-corrected chi connectivity index (χ1v) is 5.06. The van der Waals surface area contributed by atoms with E-state index in [1.54, 1.807) is 6.08 Å². The summed E-state index contributed by atoms with van der Waals surface area (Å²) in [6.07, 6.45) is 3.16. The number of carbonyl (C=O) groups is 1. The SMILES string of the molecule is CC1(C)CCC2=CC(C#N)C(=O)NC21O. The van der Waals surface area contributed by atoms with Gasteiger partial charge in [0.1, 0.15) is 5.92 Å². The minimum atomic E-state index is -1.25. The van der Waals surface area contributed by atoms with E-state index in [-0.39, 0.29) is 5.41 Å². The number of nitrogens with one attached hydrogen (secondary N) is 1. The Morgan fingerprint density at radius 3 is 2.93 bits per heavy atom. The fourth-order valence-electron chi connectivity index (χ4n) is 2.33. The molecule has 0 saturated heterocycles. The lowest BCUT2D eigenvalue weighted by Gasteiger charge is -2.40. The highest BCUT2D eigenvalue weighted by Crippen LogP contribution is 2.49. The number of hydrogen-bond acceptors (Lipinski definition) is 3. The highest BCUT2D eigenvalue weighted by atomic mass is 16.3. The van der Waals surface area contributed by atoms with Crippen LogP contribution in [-0.4, -0.2) is 16.7 Å². The highest BCUT2D eigenvalue weighted by Gasteiger charge is 2.54. The summed E-state index contributed by atoms with van der Waals surface area (Å²) < 4.78 is 0. The van der Waals surface area contributed by atoms with Crippen molar-refractivity contribution < 1.29 is 9.90 Å². The molecule has 1 saturated carbocycles. The number of hydrogen-bond donors (Lipinski definition) is 2. The molecule has 1 aliphatic heterocycles. The Hall–Kier alpha value is -1.34. The first-order chi connectivity index (χ1) is 6.90. The largest absolute Gasteiger partial charge is 0.367 e. The van der Waals surface area contributed by atoms with Gasteiger partial charge >= 0.3 is 0 Å². The maximum atomic E-state index is 11.5. The Labute approximate surface area is 88.6 Å². The summed E-state index contributed by atoms with van der Waals surface area (Å²) in [6.45, 7) is 3.83. The van der Waals surface area contributed by atoms with E-state index in [0.717, 1.165) is 18.4 Å². The molecule has 0 aromatic rings. The molecule has 0 radical (unpaired) electrons. The van der Waals surface area contributed by atoms with Crippen molar-refractivity contribution in [1.29, 1.82) is 5.26 Å². The van der Waals surface area contributed by atoms with E-state index in [2.05, 4.69) is 5.32 Å². The van der Waals surface area contributed by atoms with Gasteiger partial charge in [-0.1, -0.05) is 19.9 Å². The van der Waals surface area contributed by atoms with Gasteiger partial charge < -0.3 is 10.4 Å². The van der Waals surface area contributed by atoms with Crippen LogP contribution in [0.3, 0.4) is 0 Å². The van der Waals surface area contributed by atoms with E-state index in [0.29, 0.717) is 0 Å². The molecule has 1 aliphatic carbocycles. The molecule has 1 fully saturated rings. The summed E-state index contributed by atoms with van der Waals surface area (Å²) in [5, 5.41) is 21.7. The van der Waals surface area contributed by atoms with Gasteiger partial charge in [-0.3, -0.25) is 4.79 Å². The Balaban J connectivity index is 2.47. The molecule has 2 unspecified atom stereocenters. The zero-order valence-corrected chi connectivity index (χ0v) is 8.87. The van der Waals surface area contributed by atoms with Crippen molar-refractivity contribution in [3.05, 3.63) is 11.6 Å². The fourth-order valence-corrected chi connectivity index (χ4v) is 2.33. The molecule has 0 aromatic heterocycles. The number of nitriles is 1. The smallest absolute Gasteiger partial charge is 0.243 e. The van der Waals surface area contributed by atoms with Crippen LogP contribution in [-0.2, 0) is 4.79 Å². The Morgan fingerprint density at radius 1 is 1.67 bits per heavy atom. The molecule has 4 heteroatoms. The number of amides is 1. The van der Waals surface area contributed by atoms with Crippen LogP contribution in [0.5, 0.6) is 0 Å². The zero-order valence-electron chi connectivity index (χ0n) is 8.87. The Bertz CT molecular complexity index is 392. The molecule has 80 valence electrons. The number of fused-ring (bicyclic) bond motifs is 1. The Morgan fingerprint density at radius 2 is 2.33 bits per heavy atom. The summed E-state index contributed by atoms with van der Waals surface area (Å²) in [5.74, 6) is -1.16. The second-order valence-corrected chi connectivity index (χ2v) is 4.88. The van der Waals surface area contributed by atoms with Gasteiger partial charge in [0, 0.05) is 5.41 Å². The van der Waals surface area contributed by atoms with E-state index in [1.165, 1.54) is 0 Å². The molecular formula is C11H14N2O2. The maximum Gasteiger partial charge on any atom is 0.243 e. The number of carbonyl (C=O) groups excluding carboxylic acids is 1. The van der Waals surface area contributed by atoms with Gasteiger partial charge in [-0.2, -0.15) is 5.26 Å². The van der Waals surface area contributed by atoms with E-state index >= 15 is 0 Å². The second kappa shape index (κ2) is 2.83. The van der Waals surface area contributed by atoms with Crippen LogP contribution in [0.25, 0.3) is 0 Å². The predicted molar refractivity (Wildman–Crippen MR) is 53.3 cm³/mol. The van der Waals surface area contributed by atoms with Crippen molar-refractivity contribution in [3.8, 4) is 6.07 Å². The second-order valence-electron chi connectivity index (χ2n) is 4.88. The van der Waals surface area contributed by atoms with Crippen LogP contribution < -0.4 is 5.32 Å². The summed E-state index contributed by atoms with van der Waals surface area (Å²) in [7, 11) is 0. The number of nitrogens with zero attached hydrogens (tertiary/aromatic N) is 1. The van der Waals surface area contributed by atoms with E-state index in [9.17, 15) is 9.90 Å². The van der Waals surface area contributed by atoms with Gasteiger partial charge in [0.2, 0.25) is 5.91 Å². The average molecular weight is 206 g/mol. The van der Waals surface area contributed by atoms with Gasteiger partial charge in [0.25, 0.3) is 0 Å². The minimum absolute atomic E-state index is 0.366. The lowest BCUT2D eigenvalue weighted by Crippen LogP contribution is -2.59. The number of aliphatic hydroxyl groups is 1. The third kappa shape index (κ3) is 1.20. The third-order valence-electron chi connectivity index (χ3n) is 3.56. The van der Waals surface area contributed by atoms with E-state index in [1.807, 2.05) is 19.9 Å². The van der Waals surface area contributed by atoms with Crippen LogP contribution in [0.2, 0.25) is 0 Å². The van der Waals surface area contributed by atoms with E-state index in [4.69, 9.17) is 5.26 Å². The van der Waals surface area contributed by atoms with Crippen LogP contribution in [0.1, 0.15) is 26.7 Å². The van der Waals surface area contributed by atoms with Crippen LogP contribution in [0, 0.1) is 22.7 Å². The van der Waals surface area contributed by atoms with Crippen LogP contribution in [0.15, 0.2) is 11.6 Å². The molecule has 2 rings (SSSR count). The molecule has 4 nitrogen and oxygen atoms in total. The lowest BCUT2D eigenvalue weighted by molar-refractivity contribution is -0.135. The number of rotatable bonds is 0. The molecule has 2 atom stereocenters. The molecule has 0 bridgehead atoms. The van der Waals surface area contributed by atoms with Gasteiger partial charge in [-0.05, 0) is 18.4 Å². The topological polar surface area (TPSA) is 73.1 Å². The van der Waals surface area contributed by atoms with Crippen molar-refractivity contribution in [2.75, 3.05) is 0 Å². The molecular weight excluding hydrogens is 192 g/mol. The van der Waals surface area contributed by atoms with Crippen molar-refractivity contribution in [3.63, 3.8) is 0 Å². The third-order valence-corrected chi connectivity index (χ3v) is 3.56. The van der Waals surface area contributed by atoms with Crippen molar-refractivity contribution in [1.82, 2.24) is 5.32 Å². The average Bonchev–Trinajstić information content (AvgIpc) is 2.37. The summed E-state index contributed by atoms with van der Waals surface area (Å²) in [5.41, 5.74) is -0.842. The van der Waals surface area contributed by atoms with Crippen LogP contribution >= 0.6 is 0 Å². The highest BCUT2D eigenvalue weighted by molar-refractivity contribution is 5.86.